The number of aromatic nitrogens is 1. The van der Waals surface area contributed by atoms with Crippen LogP contribution in [0.4, 0.5) is 11.4 Å². The molecule has 0 unspecified atom stereocenters. The third-order valence-electron chi connectivity index (χ3n) is 4.65. The number of carbonyl (C=O) groups excluding carboxylic acids is 1. The number of sulfonamides is 1. The summed E-state index contributed by atoms with van der Waals surface area (Å²) in [5.74, 6) is -0.348. The van der Waals surface area contributed by atoms with Crippen molar-refractivity contribution in [2.75, 3.05) is 16.2 Å². The number of pyridine rings is 1. The Morgan fingerprint density at radius 1 is 1.14 bits per heavy atom. The van der Waals surface area contributed by atoms with E-state index in [1.54, 1.807) is 59.6 Å². The number of carbonyl (C=O) groups is 1. The molecule has 2 heterocycles. The fraction of sp³-hybridized carbons (Fsp3) is 0.143. The van der Waals surface area contributed by atoms with Gasteiger partial charge in [0.2, 0.25) is 10.0 Å². The first-order chi connectivity index (χ1) is 13.9. The number of nitrogens with zero attached hydrogens (tertiary/aromatic N) is 2. The quantitative estimate of drug-likeness (QED) is 0.670. The van der Waals surface area contributed by atoms with Gasteiger partial charge in [0, 0.05) is 29.6 Å². The lowest BCUT2D eigenvalue weighted by Crippen LogP contribution is -2.29. The highest BCUT2D eigenvalue weighted by Gasteiger charge is 2.26. The molecule has 1 aliphatic heterocycles. The second-order valence-electron chi connectivity index (χ2n) is 6.78. The molecule has 0 spiro atoms. The van der Waals surface area contributed by atoms with E-state index in [1.807, 2.05) is 6.07 Å². The van der Waals surface area contributed by atoms with Crippen molar-refractivity contribution in [3.63, 3.8) is 0 Å². The number of fused-ring (bicyclic) bond motifs is 1. The zero-order valence-electron chi connectivity index (χ0n) is 15.4. The summed E-state index contributed by atoms with van der Waals surface area (Å²) in [5.41, 5.74) is 3.21. The molecule has 0 saturated heterocycles. The van der Waals surface area contributed by atoms with E-state index in [4.69, 9.17) is 11.6 Å². The van der Waals surface area contributed by atoms with Crippen LogP contribution in [0.25, 0.3) is 0 Å². The molecule has 0 radical (unpaired) electrons. The number of hydrogen-bond acceptors (Lipinski definition) is 4. The molecular weight excluding hydrogens is 410 g/mol. The third-order valence-corrected chi connectivity index (χ3v) is 6.15. The minimum atomic E-state index is -3.63. The first-order valence-electron chi connectivity index (χ1n) is 9.01. The fourth-order valence-electron chi connectivity index (χ4n) is 3.36. The molecular formula is C21H18ClN3O3S. The van der Waals surface area contributed by atoms with Gasteiger partial charge in [-0.15, -0.1) is 0 Å². The van der Waals surface area contributed by atoms with Gasteiger partial charge >= 0.3 is 0 Å². The number of benzene rings is 2. The van der Waals surface area contributed by atoms with Crippen molar-refractivity contribution in [3.8, 4) is 0 Å². The van der Waals surface area contributed by atoms with Gasteiger partial charge in [0.1, 0.15) is 0 Å². The number of anilines is 2. The van der Waals surface area contributed by atoms with E-state index < -0.39 is 10.0 Å². The molecule has 1 aliphatic rings. The van der Waals surface area contributed by atoms with Crippen LogP contribution in [-0.4, -0.2) is 25.9 Å². The zero-order valence-corrected chi connectivity index (χ0v) is 16.9. The van der Waals surface area contributed by atoms with Crippen LogP contribution >= 0.6 is 11.6 Å². The van der Waals surface area contributed by atoms with E-state index in [0.717, 1.165) is 12.0 Å². The van der Waals surface area contributed by atoms with Crippen LogP contribution in [0.15, 0.2) is 67.0 Å². The number of amides is 1. The van der Waals surface area contributed by atoms with Gasteiger partial charge < -0.3 is 4.90 Å². The summed E-state index contributed by atoms with van der Waals surface area (Å²) in [5, 5.41) is 0.486. The Balaban J connectivity index is 1.56. The molecule has 8 heteroatoms. The van der Waals surface area contributed by atoms with Crippen molar-refractivity contribution >= 4 is 38.9 Å². The Hall–Kier alpha value is -2.90. The largest absolute Gasteiger partial charge is 0.308 e. The minimum Gasteiger partial charge on any atom is -0.308 e. The van der Waals surface area contributed by atoms with Gasteiger partial charge in [0.05, 0.1) is 17.0 Å². The smallest absolute Gasteiger partial charge is 0.259 e. The number of hydrogen-bond donors (Lipinski definition) is 1. The van der Waals surface area contributed by atoms with Gasteiger partial charge in [-0.1, -0.05) is 29.8 Å². The maximum atomic E-state index is 12.8. The third kappa shape index (κ3) is 4.41. The molecule has 0 aliphatic carbocycles. The van der Waals surface area contributed by atoms with Crippen molar-refractivity contribution in [1.82, 2.24) is 4.98 Å². The maximum Gasteiger partial charge on any atom is 0.259 e. The Kier molecular flexibility index (Phi) is 5.25. The summed E-state index contributed by atoms with van der Waals surface area (Å²) >= 11 is 5.94. The molecule has 1 amide bonds. The predicted molar refractivity (Wildman–Crippen MR) is 114 cm³/mol. The fourth-order valence-corrected chi connectivity index (χ4v) is 4.75. The first kappa shape index (κ1) is 19.4. The zero-order chi connectivity index (χ0) is 20.4. The second kappa shape index (κ2) is 7.85. The molecule has 0 bridgehead atoms. The lowest BCUT2D eigenvalue weighted by atomic mass is 10.1. The molecule has 2 aromatic carbocycles. The number of rotatable bonds is 5. The molecule has 6 nitrogen and oxygen atoms in total. The molecule has 3 aromatic rings. The van der Waals surface area contributed by atoms with Crippen molar-refractivity contribution in [1.29, 1.82) is 0 Å². The van der Waals surface area contributed by atoms with Crippen LogP contribution in [-0.2, 0) is 22.2 Å². The van der Waals surface area contributed by atoms with Crippen LogP contribution < -0.4 is 9.62 Å². The van der Waals surface area contributed by atoms with E-state index >= 15 is 0 Å². The van der Waals surface area contributed by atoms with Gasteiger partial charge in [-0.05, 0) is 53.9 Å². The topological polar surface area (TPSA) is 79.4 Å². The van der Waals surface area contributed by atoms with Gasteiger partial charge in [-0.2, -0.15) is 0 Å². The van der Waals surface area contributed by atoms with E-state index in [0.29, 0.717) is 34.1 Å². The van der Waals surface area contributed by atoms with Gasteiger partial charge in [-0.3, -0.25) is 14.5 Å². The molecule has 1 aromatic heterocycles. The Morgan fingerprint density at radius 2 is 2.00 bits per heavy atom. The maximum absolute atomic E-state index is 12.8. The normalized spacial score (nSPS) is 13.2. The van der Waals surface area contributed by atoms with Crippen molar-refractivity contribution in [3.05, 3.63) is 88.7 Å². The molecule has 1 N–H and O–H groups in total. The van der Waals surface area contributed by atoms with Crippen molar-refractivity contribution in [2.24, 2.45) is 0 Å². The van der Waals surface area contributed by atoms with Gasteiger partial charge in [0.15, 0.2) is 0 Å². The summed E-state index contributed by atoms with van der Waals surface area (Å²) in [4.78, 5) is 18.5. The van der Waals surface area contributed by atoms with Gasteiger partial charge in [-0.25, -0.2) is 8.42 Å². The number of nitrogens with one attached hydrogen (secondary N) is 1. The molecule has 4 rings (SSSR count). The first-order valence-corrected chi connectivity index (χ1v) is 11.0. The van der Waals surface area contributed by atoms with E-state index in [1.165, 1.54) is 6.20 Å². The summed E-state index contributed by atoms with van der Waals surface area (Å²) in [6.07, 6.45) is 3.86. The average molecular weight is 428 g/mol. The SMILES string of the molecule is O=C(c1cccnc1)N1CCc2ccc(NS(=O)(=O)Cc3cccc(Cl)c3)cc21. The molecule has 0 fully saturated rings. The van der Waals surface area contributed by atoms with E-state index in [-0.39, 0.29) is 11.7 Å². The average Bonchev–Trinajstić information content (AvgIpc) is 3.10. The van der Waals surface area contributed by atoms with Crippen LogP contribution in [0.1, 0.15) is 21.5 Å². The second-order valence-corrected chi connectivity index (χ2v) is 8.94. The van der Waals surface area contributed by atoms with Crippen LogP contribution in [0.3, 0.4) is 0 Å². The Labute approximate surface area is 174 Å². The Morgan fingerprint density at radius 3 is 2.76 bits per heavy atom. The lowest BCUT2D eigenvalue weighted by Gasteiger charge is -2.18. The summed E-state index contributed by atoms with van der Waals surface area (Å²) in [6, 6.07) is 15.4. The highest BCUT2D eigenvalue weighted by molar-refractivity contribution is 7.91. The van der Waals surface area contributed by atoms with E-state index in [9.17, 15) is 13.2 Å². The van der Waals surface area contributed by atoms with Crippen LogP contribution in [0, 0.1) is 0 Å². The van der Waals surface area contributed by atoms with Crippen LogP contribution in [0.5, 0.6) is 0 Å². The van der Waals surface area contributed by atoms with Crippen molar-refractivity contribution in [2.45, 2.75) is 12.2 Å². The lowest BCUT2D eigenvalue weighted by molar-refractivity contribution is 0.0989. The standard InChI is InChI=1S/C21H18ClN3O3S/c22-18-5-1-3-15(11-18)14-29(27,28)24-19-7-6-16-8-10-25(20(16)12-19)21(26)17-4-2-9-23-13-17/h1-7,9,11-13,24H,8,10,14H2. The summed E-state index contributed by atoms with van der Waals surface area (Å²) in [6.45, 7) is 0.543. The van der Waals surface area contributed by atoms with Gasteiger partial charge in [0.25, 0.3) is 5.91 Å². The highest BCUT2D eigenvalue weighted by Crippen LogP contribution is 2.32. The monoisotopic (exact) mass is 427 g/mol. The Bertz CT molecular complexity index is 1170. The van der Waals surface area contributed by atoms with E-state index in [2.05, 4.69) is 9.71 Å². The summed E-state index contributed by atoms with van der Waals surface area (Å²) < 4.78 is 27.7. The number of halogens is 1. The molecule has 29 heavy (non-hydrogen) atoms. The highest BCUT2D eigenvalue weighted by atomic mass is 35.5. The predicted octanol–water partition coefficient (Wildman–Crippen LogP) is 3.88. The molecule has 0 atom stereocenters. The van der Waals surface area contributed by atoms with Crippen molar-refractivity contribution < 1.29 is 13.2 Å². The van der Waals surface area contributed by atoms with Crippen LogP contribution in [0.2, 0.25) is 5.02 Å². The molecule has 148 valence electrons. The summed E-state index contributed by atoms with van der Waals surface area (Å²) in [7, 11) is -3.63. The minimum absolute atomic E-state index is 0.157. The molecule has 0 saturated carbocycles.